The first kappa shape index (κ1) is 29.2. The molecule has 9 nitrogen and oxygen atoms in total. The van der Waals surface area contributed by atoms with Gasteiger partial charge >= 0.3 is 12.1 Å². The van der Waals surface area contributed by atoms with Gasteiger partial charge in [-0.15, -0.1) is 0 Å². The topological polar surface area (TPSA) is 89.6 Å². The van der Waals surface area contributed by atoms with Crippen LogP contribution in [-0.4, -0.2) is 62.2 Å². The summed E-state index contributed by atoms with van der Waals surface area (Å²) >= 11 is 0. The molecule has 0 bridgehead atoms. The number of ether oxygens (including phenoxy) is 4. The van der Waals surface area contributed by atoms with Gasteiger partial charge < -0.3 is 29.2 Å². The molecule has 41 heavy (non-hydrogen) atoms. The molecule has 0 radical (unpaired) electrons. The monoisotopic (exact) mass is 565 g/mol. The minimum Gasteiger partial charge on any atom is -0.463 e. The minimum atomic E-state index is -0.624. The Hall–Kier alpha value is -3.30. The molecule has 0 saturated carbocycles. The van der Waals surface area contributed by atoms with Crippen molar-refractivity contribution >= 4 is 17.8 Å². The van der Waals surface area contributed by atoms with Crippen LogP contribution in [0.4, 0.5) is 15.3 Å². The van der Waals surface area contributed by atoms with E-state index >= 15 is 0 Å². The second kappa shape index (κ2) is 13.6. The van der Waals surface area contributed by atoms with Gasteiger partial charge in [-0.1, -0.05) is 31.0 Å². The van der Waals surface area contributed by atoms with Crippen molar-refractivity contribution in [3.8, 4) is 5.75 Å². The van der Waals surface area contributed by atoms with Crippen LogP contribution in [0.15, 0.2) is 42.5 Å². The molecular formula is C32H43N3O6. The average molecular weight is 566 g/mol. The van der Waals surface area contributed by atoms with Crippen LogP contribution in [0, 0.1) is 0 Å². The summed E-state index contributed by atoms with van der Waals surface area (Å²) in [5.74, 6) is 0.202. The smallest absolute Gasteiger partial charge is 0.410 e. The highest BCUT2D eigenvalue weighted by molar-refractivity contribution is 5.94. The third-order valence-corrected chi connectivity index (χ3v) is 7.82. The lowest BCUT2D eigenvalue weighted by Crippen LogP contribution is -2.35. The number of carbonyl (C=O) groups excluding carboxylic acids is 2. The zero-order valence-electron chi connectivity index (χ0n) is 24.4. The number of amides is 3. The van der Waals surface area contributed by atoms with Gasteiger partial charge in [0.2, 0.25) is 5.79 Å². The zero-order valence-corrected chi connectivity index (χ0v) is 24.4. The Kier molecular flexibility index (Phi) is 9.67. The summed E-state index contributed by atoms with van der Waals surface area (Å²) in [7, 11) is 0. The number of hydrogen-bond donors (Lipinski definition) is 1. The van der Waals surface area contributed by atoms with Gasteiger partial charge in [0.1, 0.15) is 11.9 Å². The van der Waals surface area contributed by atoms with Gasteiger partial charge in [-0.3, -0.25) is 4.90 Å². The van der Waals surface area contributed by atoms with Crippen LogP contribution in [0.25, 0.3) is 0 Å². The lowest BCUT2D eigenvalue weighted by atomic mass is 10.0. The summed E-state index contributed by atoms with van der Waals surface area (Å²) in [6.45, 7) is 8.55. The van der Waals surface area contributed by atoms with Crippen molar-refractivity contribution in [2.45, 2.75) is 77.3 Å². The Morgan fingerprint density at radius 2 is 1.83 bits per heavy atom. The summed E-state index contributed by atoms with van der Waals surface area (Å²) in [6, 6.07) is 14.2. The van der Waals surface area contributed by atoms with E-state index < -0.39 is 5.79 Å². The maximum atomic E-state index is 12.4. The lowest BCUT2D eigenvalue weighted by Gasteiger charge is -2.32. The molecule has 0 aliphatic carbocycles. The number of nitrogens with one attached hydrogen (secondary N) is 1. The van der Waals surface area contributed by atoms with E-state index in [4.69, 9.17) is 18.9 Å². The number of hydrogen-bond acceptors (Lipinski definition) is 6. The molecule has 0 unspecified atom stereocenters. The highest BCUT2D eigenvalue weighted by atomic mass is 16.7. The zero-order chi connectivity index (χ0) is 28.7. The third kappa shape index (κ3) is 7.92. The first-order chi connectivity index (χ1) is 19.9. The molecule has 1 N–H and O–H groups in total. The summed E-state index contributed by atoms with van der Waals surface area (Å²) in [4.78, 5) is 27.9. The fourth-order valence-electron chi connectivity index (χ4n) is 5.52. The Balaban J connectivity index is 0.900. The maximum Gasteiger partial charge on any atom is 0.410 e. The van der Waals surface area contributed by atoms with Crippen LogP contribution in [0.3, 0.4) is 0 Å². The highest BCUT2D eigenvalue weighted by Crippen LogP contribution is 2.35. The average Bonchev–Trinajstić information content (AvgIpc) is 3.56. The molecule has 3 aliphatic heterocycles. The molecule has 2 saturated heterocycles. The Morgan fingerprint density at radius 1 is 1.00 bits per heavy atom. The molecule has 9 heteroatoms. The third-order valence-electron chi connectivity index (χ3n) is 7.82. The van der Waals surface area contributed by atoms with E-state index in [0.717, 1.165) is 87.3 Å². The first-order valence-electron chi connectivity index (χ1n) is 15.0. The molecule has 1 atom stereocenters. The largest absolute Gasteiger partial charge is 0.463 e. The van der Waals surface area contributed by atoms with Gasteiger partial charge in [-0.25, -0.2) is 9.59 Å². The molecule has 2 aromatic rings. The van der Waals surface area contributed by atoms with Gasteiger partial charge in [0.05, 0.1) is 13.2 Å². The summed E-state index contributed by atoms with van der Waals surface area (Å²) < 4.78 is 23.1. The van der Waals surface area contributed by atoms with E-state index in [2.05, 4.69) is 17.4 Å². The predicted octanol–water partition coefficient (Wildman–Crippen LogP) is 5.95. The van der Waals surface area contributed by atoms with Gasteiger partial charge in [-0.05, 0) is 67.5 Å². The number of fused-ring (bicyclic) bond motifs is 1. The molecule has 3 aliphatic rings. The standard InChI is InChI=1S/C32H43N3O6/c1-32(2)39-23-26-21-25(13-14-28(26)41-32)29-22-34(31(37)40-29)16-6-3-4-7-18-38-19-8-5-10-24-11-9-12-27(20-24)35-17-15-33-30(35)36/h9,11-14,20-21,29H,3-8,10,15-19,22-23H2,1-2H3,(H,33,36)/t29-/m0/s1. The van der Waals surface area contributed by atoms with Crippen LogP contribution >= 0.6 is 0 Å². The summed E-state index contributed by atoms with van der Waals surface area (Å²) in [5.41, 5.74) is 4.19. The van der Waals surface area contributed by atoms with E-state index in [0.29, 0.717) is 26.2 Å². The van der Waals surface area contributed by atoms with Crippen molar-refractivity contribution in [3.63, 3.8) is 0 Å². The van der Waals surface area contributed by atoms with E-state index in [-0.39, 0.29) is 18.2 Å². The van der Waals surface area contributed by atoms with Crippen molar-refractivity contribution in [1.29, 1.82) is 0 Å². The molecule has 5 rings (SSSR count). The predicted molar refractivity (Wildman–Crippen MR) is 156 cm³/mol. The first-order valence-corrected chi connectivity index (χ1v) is 15.0. The number of unbranched alkanes of at least 4 members (excludes halogenated alkanes) is 4. The van der Waals surface area contributed by atoms with Gasteiger partial charge in [0.15, 0.2) is 0 Å². The number of anilines is 1. The number of benzene rings is 2. The van der Waals surface area contributed by atoms with Crippen molar-refractivity contribution in [1.82, 2.24) is 10.2 Å². The molecule has 3 heterocycles. The highest BCUT2D eigenvalue weighted by Gasteiger charge is 2.33. The quantitative estimate of drug-likeness (QED) is 0.285. The molecule has 0 spiro atoms. The van der Waals surface area contributed by atoms with E-state index in [1.807, 2.05) is 49.1 Å². The number of carbonyl (C=O) groups is 2. The van der Waals surface area contributed by atoms with Crippen LogP contribution in [-0.2, 0) is 27.2 Å². The number of rotatable bonds is 14. The molecule has 3 amide bonds. The molecule has 0 aromatic heterocycles. The van der Waals surface area contributed by atoms with Crippen molar-refractivity contribution in [2.75, 3.05) is 44.3 Å². The van der Waals surface area contributed by atoms with Gasteiger partial charge in [0, 0.05) is 57.9 Å². The second-order valence-electron chi connectivity index (χ2n) is 11.5. The van der Waals surface area contributed by atoms with Crippen LogP contribution in [0.2, 0.25) is 0 Å². The number of cyclic esters (lactones) is 1. The minimum absolute atomic E-state index is 0.0136. The van der Waals surface area contributed by atoms with E-state index in [1.165, 1.54) is 5.56 Å². The Morgan fingerprint density at radius 3 is 2.66 bits per heavy atom. The van der Waals surface area contributed by atoms with Gasteiger partial charge in [0.25, 0.3) is 0 Å². The van der Waals surface area contributed by atoms with Crippen molar-refractivity contribution < 1.29 is 28.5 Å². The molecule has 2 fully saturated rings. The number of nitrogens with zero attached hydrogens (tertiary/aromatic N) is 2. The number of aryl methyl sites for hydroxylation is 1. The maximum absolute atomic E-state index is 12.4. The molecular weight excluding hydrogens is 522 g/mol. The van der Waals surface area contributed by atoms with E-state index in [9.17, 15) is 9.59 Å². The van der Waals surface area contributed by atoms with Crippen LogP contribution in [0.5, 0.6) is 5.75 Å². The SMILES string of the molecule is CC1(C)OCc2cc([C@@H]3CN(CCCCCCOCCCCc4cccc(N5CCNC5=O)c4)C(=O)O3)ccc2O1. The van der Waals surface area contributed by atoms with Crippen molar-refractivity contribution in [2.24, 2.45) is 0 Å². The fourth-order valence-corrected chi connectivity index (χ4v) is 5.52. The molecule has 2 aromatic carbocycles. The normalized spacial score (nSPS) is 19.6. The summed E-state index contributed by atoms with van der Waals surface area (Å²) in [6.07, 6.45) is 6.72. The lowest BCUT2D eigenvalue weighted by molar-refractivity contribution is -0.180. The number of urea groups is 1. The second-order valence-corrected chi connectivity index (χ2v) is 11.5. The Labute approximate surface area is 243 Å². The van der Waals surface area contributed by atoms with Crippen molar-refractivity contribution in [3.05, 3.63) is 59.2 Å². The van der Waals surface area contributed by atoms with E-state index in [1.54, 1.807) is 4.90 Å². The van der Waals surface area contributed by atoms with Gasteiger partial charge in [-0.2, -0.15) is 0 Å². The molecule has 222 valence electrons. The fraction of sp³-hybridized carbons (Fsp3) is 0.562. The van der Waals surface area contributed by atoms with Crippen LogP contribution in [0.1, 0.15) is 75.2 Å². The Bertz CT molecular complexity index is 1200. The summed E-state index contributed by atoms with van der Waals surface area (Å²) in [5, 5.41) is 2.85. The van der Waals surface area contributed by atoms with Crippen LogP contribution < -0.4 is 15.0 Å².